The molecule has 6 nitrogen and oxygen atoms in total. The van der Waals surface area contributed by atoms with Crippen LogP contribution in [0.2, 0.25) is 0 Å². The molecule has 0 spiro atoms. The van der Waals surface area contributed by atoms with Crippen LogP contribution in [-0.2, 0) is 13.1 Å². The Balaban J connectivity index is 1.69. The number of ether oxygens (including phenoxy) is 2. The lowest BCUT2D eigenvalue weighted by molar-refractivity contribution is 0.306. The second-order valence-electron chi connectivity index (χ2n) is 6.35. The maximum Gasteiger partial charge on any atom is 0.253 e. The van der Waals surface area contributed by atoms with Gasteiger partial charge in [0.2, 0.25) is 0 Å². The van der Waals surface area contributed by atoms with Crippen molar-refractivity contribution in [1.29, 1.82) is 0 Å². The van der Waals surface area contributed by atoms with E-state index in [0.29, 0.717) is 25.3 Å². The van der Waals surface area contributed by atoms with Gasteiger partial charge < -0.3 is 25.1 Å². The Morgan fingerprint density at radius 2 is 2.12 bits per heavy atom. The second-order valence-corrected chi connectivity index (χ2v) is 6.35. The van der Waals surface area contributed by atoms with E-state index in [2.05, 4.69) is 9.88 Å². The maximum atomic E-state index is 12.5. The van der Waals surface area contributed by atoms with Crippen molar-refractivity contribution < 1.29 is 9.47 Å². The standard InChI is InChI=1S/C20H21N3O3/c1-25-16-3-4-17-14(10-16)9-15(20(24)22-17)12-23-6-7-26-19-8-13(11-21)2-5-18(19)23/h2-5,8-10H,6-7,11-12,21H2,1H3,(H,22,24). The number of nitrogens with zero attached hydrogens (tertiary/aromatic N) is 1. The molecule has 0 saturated heterocycles. The maximum absolute atomic E-state index is 12.5. The summed E-state index contributed by atoms with van der Waals surface area (Å²) in [6, 6.07) is 13.5. The van der Waals surface area contributed by atoms with Crippen LogP contribution in [0.3, 0.4) is 0 Å². The third kappa shape index (κ3) is 2.99. The Morgan fingerprint density at radius 1 is 1.23 bits per heavy atom. The number of methoxy groups -OCH3 is 1. The van der Waals surface area contributed by atoms with Gasteiger partial charge in [0.25, 0.3) is 5.56 Å². The minimum absolute atomic E-state index is 0.0747. The Labute approximate surface area is 151 Å². The van der Waals surface area contributed by atoms with Gasteiger partial charge in [-0.2, -0.15) is 0 Å². The number of aromatic amines is 1. The van der Waals surface area contributed by atoms with Crippen LogP contribution in [-0.4, -0.2) is 25.2 Å². The van der Waals surface area contributed by atoms with Crippen molar-refractivity contribution in [2.45, 2.75) is 13.1 Å². The number of fused-ring (bicyclic) bond motifs is 2. The van der Waals surface area contributed by atoms with E-state index in [1.54, 1.807) is 7.11 Å². The Kier molecular flexibility index (Phi) is 4.26. The molecule has 3 N–H and O–H groups in total. The smallest absolute Gasteiger partial charge is 0.253 e. The summed E-state index contributed by atoms with van der Waals surface area (Å²) in [5.41, 5.74) is 9.16. The first-order valence-electron chi connectivity index (χ1n) is 8.58. The van der Waals surface area contributed by atoms with Crippen LogP contribution in [0.15, 0.2) is 47.3 Å². The minimum atomic E-state index is -0.0747. The number of hydrogen-bond acceptors (Lipinski definition) is 5. The van der Waals surface area contributed by atoms with Crippen molar-refractivity contribution in [3.63, 3.8) is 0 Å². The van der Waals surface area contributed by atoms with Crippen molar-refractivity contribution in [1.82, 2.24) is 4.98 Å². The molecule has 3 aromatic rings. The van der Waals surface area contributed by atoms with E-state index in [4.69, 9.17) is 15.2 Å². The van der Waals surface area contributed by atoms with Crippen LogP contribution in [0.1, 0.15) is 11.1 Å². The number of nitrogens with two attached hydrogens (primary N) is 1. The van der Waals surface area contributed by atoms with Gasteiger partial charge in [-0.05, 0) is 42.0 Å². The van der Waals surface area contributed by atoms with E-state index >= 15 is 0 Å². The fraction of sp³-hybridized carbons (Fsp3) is 0.250. The fourth-order valence-electron chi connectivity index (χ4n) is 3.29. The number of anilines is 1. The third-order valence-corrected chi connectivity index (χ3v) is 4.71. The Bertz CT molecular complexity index is 1010. The number of H-pyrrole nitrogens is 1. The van der Waals surface area contributed by atoms with Gasteiger partial charge in [0.1, 0.15) is 18.1 Å². The summed E-state index contributed by atoms with van der Waals surface area (Å²) in [6.07, 6.45) is 0. The normalized spacial score (nSPS) is 13.4. The van der Waals surface area contributed by atoms with Gasteiger partial charge in [0.05, 0.1) is 19.3 Å². The molecule has 0 radical (unpaired) electrons. The third-order valence-electron chi connectivity index (χ3n) is 4.71. The summed E-state index contributed by atoms with van der Waals surface area (Å²) in [4.78, 5) is 17.6. The van der Waals surface area contributed by atoms with E-state index in [1.807, 2.05) is 42.5 Å². The van der Waals surface area contributed by atoms with Crippen LogP contribution in [0.4, 0.5) is 5.69 Å². The van der Waals surface area contributed by atoms with Crippen molar-refractivity contribution in [2.75, 3.05) is 25.2 Å². The second kappa shape index (κ2) is 6.72. The Morgan fingerprint density at radius 3 is 2.92 bits per heavy atom. The van der Waals surface area contributed by atoms with Gasteiger partial charge in [-0.25, -0.2) is 0 Å². The Hall–Kier alpha value is -2.99. The summed E-state index contributed by atoms with van der Waals surface area (Å²) in [7, 11) is 1.63. The van der Waals surface area contributed by atoms with Crippen molar-refractivity contribution in [3.8, 4) is 11.5 Å². The van der Waals surface area contributed by atoms with Crippen LogP contribution in [0.5, 0.6) is 11.5 Å². The highest BCUT2D eigenvalue weighted by atomic mass is 16.5. The van der Waals surface area contributed by atoms with Crippen molar-refractivity contribution in [2.24, 2.45) is 5.73 Å². The molecule has 1 aliphatic rings. The molecule has 134 valence electrons. The quantitative estimate of drug-likeness (QED) is 0.754. The van der Waals surface area contributed by atoms with E-state index in [1.165, 1.54) is 0 Å². The summed E-state index contributed by atoms with van der Waals surface area (Å²) >= 11 is 0. The van der Waals surface area contributed by atoms with E-state index in [0.717, 1.165) is 40.2 Å². The van der Waals surface area contributed by atoms with Crippen LogP contribution in [0.25, 0.3) is 10.9 Å². The van der Waals surface area contributed by atoms with E-state index in [-0.39, 0.29) is 5.56 Å². The van der Waals surface area contributed by atoms with E-state index in [9.17, 15) is 4.79 Å². The molecule has 2 heterocycles. The topological polar surface area (TPSA) is 80.6 Å². The zero-order valence-corrected chi connectivity index (χ0v) is 14.6. The predicted octanol–water partition coefficient (Wildman–Crippen LogP) is 2.39. The highest BCUT2D eigenvalue weighted by molar-refractivity contribution is 5.80. The molecule has 1 aromatic heterocycles. The molecule has 0 aliphatic carbocycles. The zero-order chi connectivity index (χ0) is 18.1. The number of pyridine rings is 1. The molecular weight excluding hydrogens is 330 g/mol. The number of hydrogen-bond donors (Lipinski definition) is 2. The predicted molar refractivity (Wildman–Crippen MR) is 102 cm³/mol. The number of rotatable bonds is 4. The zero-order valence-electron chi connectivity index (χ0n) is 14.6. The molecule has 0 atom stereocenters. The monoisotopic (exact) mass is 351 g/mol. The van der Waals surface area contributed by atoms with Crippen LogP contribution >= 0.6 is 0 Å². The largest absolute Gasteiger partial charge is 0.497 e. The van der Waals surface area contributed by atoms with Crippen LogP contribution in [0, 0.1) is 0 Å². The first-order valence-corrected chi connectivity index (χ1v) is 8.58. The highest BCUT2D eigenvalue weighted by Gasteiger charge is 2.19. The summed E-state index contributed by atoms with van der Waals surface area (Å²) in [6.45, 7) is 2.30. The summed E-state index contributed by atoms with van der Waals surface area (Å²) in [5.74, 6) is 1.58. The first-order chi connectivity index (χ1) is 12.7. The molecule has 2 aromatic carbocycles. The van der Waals surface area contributed by atoms with Gasteiger partial charge in [-0.1, -0.05) is 6.07 Å². The molecule has 6 heteroatoms. The van der Waals surface area contributed by atoms with Gasteiger partial charge in [-0.15, -0.1) is 0 Å². The molecule has 0 saturated carbocycles. The lowest BCUT2D eigenvalue weighted by Gasteiger charge is -2.31. The van der Waals surface area contributed by atoms with Crippen molar-refractivity contribution in [3.05, 3.63) is 63.9 Å². The molecule has 1 aliphatic heterocycles. The SMILES string of the molecule is COc1ccc2[nH]c(=O)c(CN3CCOc4cc(CN)ccc43)cc2c1. The van der Waals surface area contributed by atoms with Gasteiger partial charge in [0.15, 0.2) is 0 Å². The van der Waals surface area contributed by atoms with Crippen LogP contribution < -0.4 is 25.7 Å². The highest BCUT2D eigenvalue weighted by Crippen LogP contribution is 2.33. The number of aromatic nitrogens is 1. The van der Waals surface area contributed by atoms with Gasteiger partial charge in [-0.3, -0.25) is 4.79 Å². The molecule has 0 fully saturated rings. The minimum Gasteiger partial charge on any atom is -0.497 e. The molecule has 0 bridgehead atoms. The molecule has 0 amide bonds. The molecule has 0 unspecified atom stereocenters. The van der Waals surface area contributed by atoms with E-state index < -0.39 is 0 Å². The average molecular weight is 351 g/mol. The first kappa shape index (κ1) is 16.5. The number of benzene rings is 2. The van der Waals surface area contributed by atoms with Gasteiger partial charge in [0, 0.05) is 29.6 Å². The number of nitrogens with one attached hydrogen (secondary N) is 1. The summed E-state index contributed by atoms with van der Waals surface area (Å²) < 4.78 is 11.0. The van der Waals surface area contributed by atoms with Gasteiger partial charge >= 0.3 is 0 Å². The lowest BCUT2D eigenvalue weighted by atomic mass is 10.1. The molecule has 26 heavy (non-hydrogen) atoms. The molecular formula is C20H21N3O3. The fourth-order valence-corrected chi connectivity index (χ4v) is 3.29. The van der Waals surface area contributed by atoms with Crippen molar-refractivity contribution >= 4 is 16.6 Å². The molecule has 4 rings (SSSR count). The average Bonchev–Trinajstić information content (AvgIpc) is 2.68. The lowest BCUT2D eigenvalue weighted by Crippen LogP contribution is -2.34. The summed E-state index contributed by atoms with van der Waals surface area (Å²) in [5, 5.41) is 0.950.